The number of hydrogen-bond acceptors (Lipinski definition) is 8. The van der Waals surface area contributed by atoms with Crippen LogP contribution in [0.2, 0.25) is 5.02 Å². The van der Waals surface area contributed by atoms with Gasteiger partial charge in [-0.15, -0.1) is 10.2 Å². The number of ether oxygens (including phenoxy) is 1. The molecule has 10 heteroatoms. The van der Waals surface area contributed by atoms with Gasteiger partial charge in [-0.2, -0.15) is 0 Å². The van der Waals surface area contributed by atoms with Crippen LogP contribution in [-0.4, -0.2) is 49.6 Å². The predicted octanol–water partition coefficient (Wildman–Crippen LogP) is 3.16. The molecule has 0 aliphatic carbocycles. The van der Waals surface area contributed by atoms with Crippen LogP contribution in [0.15, 0.2) is 53.4 Å². The van der Waals surface area contributed by atoms with Gasteiger partial charge in [-0.1, -0.05) is 28.9 Å². The van der Waals surface area contributed by atoms with E-state index in [1.807, 2.05) is 41.9 Å². The topological polar surface area (TPSA) is 95.0 Å². The van der Waals surface area contributed by atoms with Crippen molar-refractivity contribution in [1.29, 1.82) is 0 Å². The molecule has 1 aliphatic rings. The summed E-state index contributed by atoms with van der Waals surface area (Å²) in [7, 11) is 1.91. The predicted molar refractivity (Wildman–Crippen MR) is 110 cm³/mol. The van der Waals surface area contributed by atoms with E-state index in [1.165, 1.54) is 0 Å². The van der Waals surface area contributed by atoms with Crippen LogP contribution in [0, 0.1) is 0 Å². The SMILES string of the molecule is Cn1c(-c2cnccn2)nnc1N1CCOC[C@@H]1c1cc(-c2cccc(Cl)c2)on1. The highest BCUT2D eigenvalue weighted by Gasteiger charge is 2.31. The molecule has 1 saturated heterocycles. The van der Waals surface area contributed by atoms with Crippen molar-refractivity contribution in [3.63, 3.8) is 0 Å². The summed E-state index contributed by atoms with van der Waals surface area (Å²) in [4.78, 5) is 10.6. The maximum Gasteiger partial charge on any atom is 0.228 e. The van der Waals surface area contributed by atoms with Crippen molar-refractivity contribution in [2.24, 2.45) is 7.05 Å². The molecule has 0 amide bonds. The van der Waals surface area contributed by atoms with E-state index >= 15 is 0 Å². The van der Waals surface area contributed by atoms with Gasteiger partial charge in [0, 0.05) is 42.6 Å². The summed E-state index contributed by atoms with van der Waals surface area (Å²) in [5.41, 5.74) is 2.29. The first-order chi connectivity index (χ1) is 14.7. The largest absolute Gasteiger partial charge is 0.377 e. The molecule has 0 N–H and O–H groups in total. The summed E-state index contributed by atoms with van der Waals surface area (Å²) in [6.07, 6.45) is 4.92. The maximum absolute atomic E-state index is 6.11. The van der Waals surface area contributed by atoms with E-state index in [4.69, 9.17) is 20.9 Å². The summed E-state index contributed by atoms with van der Waals surface area (Å²) in [6.45, 7) is 1.70. The van der Waals surface area contributed by atoms with Crippen molar-refractivity contribution < 1.29 is 9.26 Å². The van der Waals surface area contributed by atoms with Crippen molar-refractivity contribution in [1.82, 2.24) is 29.9 Å². The summed E-state index contributed by atoms with van der Waals surface area (Å²) < 4.78 is 13.2. The molecule has 0 radical (unpaired) electrons. The first kappa shape index (κ1) is 18.7. The van der Waals surface area contributed by atoms with E-state index in [9.17, 15) is 0 Å². The Morgan fingerprint density at radius 3 is 2.93 bits per heavy atom. The molecular weight excluding hydrogens is 406 g/mol. The standard InChI is InChI=1S/C20H18ClN7O2/c1-27-19(16-11-22-5-6-23-16)24-25-20(27)28-7-8-29-12-17(28)15-10-18(30-26-15)13-3-2-4-14(21)9-13/h2-6,9-11,17H,7-8,12H2,1H3/t17-/m1/s1. The Bertz CT molecular complexity index is 1160. The third-order valence-corrected chi connectivity index (χ3v) is 5.24. The highest BCUT2D eigenvalue weighted by atomic mass is 35.5. The molecule has 0 unspecified atom stereocenters. The van der Waals surface area contributed by atoms with Gasteiger partial charge in [0.05, 0.1) is 19.4 Å². The van der Waals surface area contributed by atoms with Gasteiger partial charge in [-0.3, -0.25) is 9.55 Å². The minimum atomic E-state index is -0.159. The van der Waals surface area contributed by atoms with Crippen LogP contribution >= 0.6 is 11.6 Å². The van der Waals surface area contributed by atoms with Crippen molar-refractivity contribution in [3.8, 4) is 22.8 Å². The number of benzene rings is 1. The van der Waals surface area contributed by atoms with Crippen LogP contribution in [0.5, 0.6) is 0 Å². The average Bonchev–Trinajstić information content (AvgIpc) is 3.42. The number of hydrogen-bond donors (Lipinski definition) is 0. The molecule has 0 saturated carbocycles. The van der Waals surface area contributed by atoms with Crippen LogP contribution < -0.4 is 4.90 Å². The van der Waals surface area contributed by atoms with Crippen LogP contribution in [0.3, 0.4) is 0 Å². The lowest BCUT2D eigenvalue weighted by Gasteiger charge is -2.34. The monoisotopic (exact) mass is 423 g/mol. The van der Waals surface area contributed by atoms with Crippen molar-refractivity contribution in [3.05, 3.63) is 59.6 Å². The molecule has 5 rings (SSSR count). The molecule has 1 aliphatic heterocycles. The number of anilines is 1. The third kappa shape index (κ3) is 3.42. The zero-order valence-electron chi connectivity index (χ0n) is 16.1. The van der Waals surface area contributed by atoms with Crippen LogP contribution in [0.4, 0.5) is 5.95 Å². The number of aromatic nitrogens is 6. The second-order valence-corrected chi connectivity index (χ2v) is 7.32. The van der Waals surface area contributed by atoms with Crippen LogP contribution in [0.25, 0.3) is 22.8 Å². The molecule has 1 fully saturated rings. The Hall–Kier alpha value is -3.30. The number of halogens is 1. The molecule has 0 spiro atoms. The summed E-state index contributed by atoms with van der Waals surface area (Å²) in [5, 5.41) is 13.7. The van der Waals surface area contributed by atoms with E-state index in [-0.39, 0.29) is 6.04 Å². The second kappa shape index (κ2) is 7.85. The molecule has 3 aromatic heterocycles. The smallest absolute Gasteiger partial charge is 0.228 e. The van der Waals surface area contributed by atoms with E-state index < -0.39 is 0 Å². The van der Waals surface area contributed by atoms with E-state index in [0.29, 0.717) is 48.0 Å². The average molecular weight is 424 g/mol. The van der Waals surface area contributed by atoms with Crippen molar-refractivity contribution in [2.75, 3.05) is 24.7 Å². The highest BCUT2D eigenvalue weighted by molar-refractivity contribution is 6.30. The zero-order valence-corrected chi connectivity index (χ0v) is 16.9. The van der Waals surface area contributed by atoms with E-state index in [1.54, 1.807) is 18.6 Å². The Kier molecular flexibility index (Phi) is 4.89. The molecular formula is C20H18ClN7O2. The van der Waals surface area contributed by atoms with Crippen LogP contribution in [0.1, 0.15) is 11.7 Å². The van der Waals surface area contributed by atoms with Gasteiger partial charge in [-0.25, -0.2) is 4.98 Å². The van der Waals surface area contributed by atoms with Gasteiger partial charge in [-0.05, 0) is 12.1 Å². The first-order valence-corrected chi connectivity index (χ1v) is 9.81. The zero-order chi connectivity index (χ0) is 20.5. The van der Waals surface area contributed by atoms with Crippen LogP contribution in [-0.2, 0) is 11.8 Å². The van der Waals surface area contributed by atoms with Gasteiger partial charge in [0.25, 0.3) is 0 Å². The lowest BCUT2D eigenvalue weighted by molar-refractivity contribution is 0.0908. The van der Waals surface area contributed by atoms with Gasteiger partial charge < -0.3 is 14.2 Å². The lowest BCUT2D eigenvalue weighted by atomic mass is 10.1. The number of nitrogens with zero attached hydrogens (tertiary/aromatic N) is 7. The summed E-state index contributed by atoms with van der Waals surface area (Å²) in [5.74, 6) is 2.00. The van der Waals surface area contributed by atoms with Crippen molar-refractivity contribution in [2.45, 2.75) is 6.04 Å². The molecule has 4 aromatic rings. The summed E-state index contributed by atoms with van der Waals surface area (Å²) in [6, 6.07) is 9.23. The Balaban J connectivity index is 1.47. The van der Waals surface area contributed by atoms with Gasteiger partial charge >= 0.3 is 0 Å². The maximum atomic E-state index is 6.11. The molecule has 9 nitrogen and oxygen atoms in total. The number of morpholine rings is 1. The molecule has 30 heavy (non-hydrogen) atoms. The molecule has 1 aromatic carbocycles. The van der Waals surface area contributed by atoms with E-state index in [2.05, 4.69) is 30.2 Å². The van der Waals surface area contributed by atoms with Crippen molar-refractivity contribution >= 4 is 17.5 Å². The van der Waals surface area contributed by atoms with E-state index in [0.717, 1.165) is 11.3 Å². The molecule has 152 valence electrons. The number of rotatable bonds is 4. The summed E-state index contributed by atoms with van der Waals surface area (Å²) >= 11 is 6.11. The first-order valence-electron chi connectivity index (χ1n) is 9.43. The fourth-order valence-corrected chi connectivity index (χ4v) is 3.71. The second-order valence-electron chi connectivity index (χ2n) is 6.88. The minimum Gasteiger partial charge on any atom is -0.377 e. The lowest BCUT2D eigenvalue weighted by Crippen LogP contribution is -2.41. The highest BCUT2D eigenvalue weighted by Crippen LogP contribution is 2.32. The fraction of sp³-hybridized carbons (Fsp3) is 0.250. The quantitative estimate of drug-likeness (QED) is 0.494. The normalized spacial score (nSPS) is 16.7. The van der Waals surface area contributed by atoms with Gasteiger partial charge in [0.15, 0.2) is 11.6 Å². The van der Waals surface area contributed by atoms with Gasteiger partial charge in [0.1, 0.15) is 17.4 Å². The van der Waals surface area contributed by atoms with Gasteiger partial charge in [0.2, 0.25) is 5.95 Å². The molecule has 4 heterocycles. The molecule has 0 bridgehead atoms. The Labute approximate surface area is 177 Å². The minimum absolute atomic E-state index is 0.159. The third-order valence-electron chi connectivity index (χ3n) is 5.01. The molecule has 1 atom stereocenters. The Morgan fingerprint density at radius 2 is 2.10 bits per heavy atom. The Morgan fingerprint density at radius 1 is 1.17 bits per heavy atom. The fourth-order valence-electron chi connectivity index (χ4n) is 3.52.